The summed E-state index contributed by atoms with van der Waals surface area (Å²) in [6.45, 7) is 12.1. The highest BCUT2D eigenvalue weighted by atomic mass is 79.9. The number of aromatic nitrogens is 1. The van der Waals surface area contributed by atoms with Gasteiger partial charge in [-0.05, 0) is 60.8 Å². The maximum atomic E-state index is 16.2. The first kappa shape index (κ1) is 26.8. The summed E-state index contributed by atoms with van der Waals surface area (Å²) in [4.78, 5) is 9.24. The van der Waals surface area contributed by atoms with Crippen LogP contribution in [0.5, 0.6) is 0 Å². The average Bonchev–Trinajstić information content (AvgIpc) is 3.55. The topological polar surface area (TPSA) is 101 Å². The van der Waals surface area contributed by atoms with Crippen molar-refractivity contribution in [1.82, 2.24) is 4.98 Å². The summed E-state index contributed by atoms with van der Waals surface area (Å²) in [5.41, 5.74) is 5.09. The van der Waals surface area contributed by atoms with Gasteiger partial charge in [0, 0.05) is 5.41 Å². The predicted octanol–water partition coefficient (Wildman–Crippen LogP) is 4.30. The van der Waals surface area contributed by atoms with Gasteiger partial charge in [0.1, 0.15) is 32.2 Å². The van der Waals surface area contributed by atoms with E-state index in [1.165, 1.54) is 0 Å². The number of aliphatic hydroxyl groups is 1. The molecule has 3 N–H and O–H groups in total. The van der Waals surface area contributed by atoms with Crippen molar-refractivity contribution in [2.24, 2.45) is 20.5 Å². The summed E-state index contributed by atoms with van der Waals surface area (Å²) in [5, 5.41) is 10.5. The van der Waals surface area contributed by atoms with Gasteiger partial charge in [-0.15, -0.1) is 0 Å². The third kappa shape index (κ3) is 4.45. The van der Waals surface area contributed by atoms with Crippen molar-refractivity contribution in [3.63, 3.8) is 0 Å². The lowest BCUT2D eigenvalue weighted by Gasteiger charge is -2.41. The van der Waals surface area contributed by atoms with E-state index < -0.39 is 28.1 Å². The normalized spacial score (nSPS) is 28.3. The zero-order valence-electron chi connectivity index (χ0n) is 20.7. The molecule has 1 saturated carbocycles. The molecular formula is C23H38BrFN4O2SSi. The van der Waals surface area contributed by atoms with Crippen LogP contribution in [0.3, 0.4) is 0 Å². The number of rotatable bonds is 8. The Morgan fingerprint density at radius 1 is 1.24 bits per heavy atom. The lowest BCUT2D eigenvalue weighted by Crippen LogP contribution is -2.56. The first-order valence-corrected chi connectivity index (χ1v) is 16.9. The Morgan fingerprint density at radius 3 is 2.30 bits per heavy atom. The number of aliphatic imine (C=N–C) groups is 1. The first-order chi connectivity index (χ1) is 15.3. The summed E-state index contributed by atoms with van der Waals surface area (Å²) in [6.07, 6.45) is 1.74. The van der Waals surface area contributed by atoms with Gasteiger partial charge in [0.2, 0.25) is 0 Å². The number of hydrogen-bond donors (Lipinski definition) is 2. The van der Waals surface area contributed by atoms with Crippen molar-refractivity contribution in [2.75, 3.05) is 18.9 Å². The molecule has 0 saturated heterocycles. The Balaban J connectivity index is 2.20. The van der Waals surface area contributed by atoms with Crippen LogP contribution in [0.15, 0.2) is 20.0 Å². The standard InChI is InChI=1S/C23H38BrFN4O2SSi/c1-7-33(8-2,9-3)16-12-17(24)28-19(18(16)25)22(6)15-32(31,21(4,5)20(26)29-22)27-13-23(14-30)10-11-23/h12,30H,7-11,13-15H2,1-6H3,(H2,26,29)/t22-,32?/m0/s1. The molecule has 3 rings (SSSR count). The van der Waals surface area contributed by atoms with E-state index in [9.17, 15) is 9.32 Å². The number of amidine groups is 1. The predicted molar refractivity (Wildman–Crippen MR) is 141 cm³/mol. The molecule has 33 heavy (non-hydrogen) atoms. The molecular weight excluding hydrogens is 523 g/mol. The van der Waals surface area contributed by atoms with Gasteiger partial charge in [0.05, 0.1) is 36.7 Å². The molecule has 1 aliphatic heterocycles. The zero-order chi connectivity index (χ0) is 24.9. The van der Waals surface area contributed by atoms with Gasteiger partial charge < -0.3 is 10.8 Å². The molecule has 1 unspecified atom stereocenters. The zero-order valence-corrected chi connectivity index (χ0v) is 24.1. The Bertz CT molecular complexity index is 1070. The fourth-order valence-electron chi connectivity index (χ4n) is 4.83. The molecule has 1 aliphatic carbocycles. The molecule has 0 bridgehead atoms. The lowest BCUT2D eigenvalue weighted by molar-refractivity contribution is 0.217. The minimum Gasteiger partial charge on any atom is -0.396 e. The molecule has 0 spiro atoms. The van der Waals surface area contributed by atoms with Gasteiger partial charge >= 0.3 is 0 Å². The molecule has 186 valence electrons. The second-order valence-electron chi connectivity index (χ2n) is 10.5. The van der Waals surface area contributed by atoms with Crippen LogP contribution in [-0.4, -0.2) is 51.9 Å². The summed E-state index contributed by atoms with van der Waals surface area (Å²) in [6, 6.07) is 4.61. The van der Waals surface area contributed by atoms with Crippen LogP contribution in [0.2, 0.25) is 18.1 Å². The molecule has 1 aromatic heterocycles. The largest absolute Gasteiger partial charge is 0.396 e. The highest BCUT2D eigenvalue weighted by molar-refractivity contribution is 9.10. The van der Waals surface area contributed by atoms with Crippen LogP contribution in [0.4, 0.5) is 4.39 Å². The minimum absolute atomic E-state index is 0.0240. The highest BCUT2D eigenvalue weighted by Gasteiger charge is 2.51. The molecule has 1 fully saturated rings. The van der Waals surface area contributed by atoms with Gasteiger partial charge in [-0.3, -0.25) is 4.99 Å². The van der Waals surface area contributed by atoms with E-state index in [1.807, 2.05) is 6.07 Å². The third-order valence-electron chi connectivity index (χ3n) is 8.20. The molecule has 2 atom stereocenters. The number of nitrogens with zero attached hydrogens (tertiary/aromatic N) is 3. The molecule has 10 heteroatoms. The van der Waals surface area contributed by atoms with Crippen molar-refractivity contribution in [1.29, 1.82) is 0 Å². The molecule has 2 heterocycles. The van der Waals surface area contributed by atoms with E-state index >= 15 is 4.39 Å². The monoisotopic (exact) mass is 560 g/mol. The van der Waals surface area contributed by atoms with E-state index in [0.29, 0.717) is 11.1 Å². The van der Waals surface area contributed by atoms with Crippen LogP contribution in [-0.2, 0) is 15.3 Å². The number of aliphatic hydroxyl groups excluding tert-OH is 1. The average molecular weight is 562 g/mol. The molecule has 6 nitrogen and oxygen atoms in total. The summed E-state index contributed by atoms with van der Waals surface area (Å²) in [7, 11) is -4.99. The fourth-order valence-corrected chi connectivity index (χ4v) is 11.7. The highest BCUT2D eigenvalue weighted by Crippen LogP contribution is 2.46. The lowest BCUT2D eigenvalue weighted by atomic mass is 9.98. The Morgan fingerprint density at radius 2 is 1.82 bits per heavy atom. The van der Waals surface area contributed by atoms with E-state index in [0.717, 1.165) is 36.2 Å². The Kier molecular flexibility index (Phi) is 7.29. The fraction of sp³-hybridized carbons (Fsp3) is 0.739. The molecule has 1 aromatic rings. The van der Waals surface area contributed by atoms with Crippen molar-refractivity contribution in [2.45, 2.75) is 82.8 Å². The van der Waals surface area contributed by atoms with Crippen molar-refractivity contribution in [3.8, 4) is 0 Å². The van der Waals surface area contributed by atoms with Gasteiger partial charge in [-0.25, -0.2) is 17.9 Å². The van der Waals surface area contributed by atoms with Gasteiger partial charge in [-0.2, -0.15) is 0 Å². The maximum absolute atomic E-state index is 16.2. The van der Waals surface area contributed by atoms with Crippen LogP contribution in [0, 0.1) is 11.2 Å². The second-order valence-corrected chi connectivity index (χ2v) is 19.4. The SMILES string of the molecule is CC[Si](CC)(CC)c1cc(Br)nc([C@]2(C)CS(=O)(=NCC3(CO)CC3)C(C)(C)C(N)=N2)c1F. The van der Waals surface area contributed by atoms with Gasteiger partial charge in [0.15, 0.2) is 0 Å². The minimum atomic E-state index is -2.92. The van der Waals surface area contributed by atoms with Gasteiger partial charge in [0.25, 0.3) is 0 Å². The van der Waals surface area contributed by atoms with E-state index in [-0.39, 0.29) is 35.1 Å². The Labute approximate surface area is 207 Å². The van der Waals surface area contributed by atoms with Crippen LogP contribution in [0.1, 0.15) is 60.1 Å². The van der Waals surface area contributed by atoms with E-state index in [4.69, 9.17) is 10.7 Å². The first-order valence-electron chi connectivity index (χ1n) is 11.8. The smallest absolute Gasteiger partial charge is 0.146 e. The van der Waals surface area contributed by atoms with Crippen molar-refractivity contribution < 1.29 is 13.7 Å². The van der Waals surface area contributed by atoms with Crippen LogP contribution >= 0.6 is 15.9 Å². The van der Waals surface area contributed by atoms with Crippen molar-refractivity contribution in [3.05, 3.63) is 22.2 Å². The molecule has 2 aliphatic rings. The number of pyridine rings is 1. The van der Waals surface area contributed by atoms with Crippen LogP contribution < -0.4 is 10.9 Å². The second kappa shape index (κ2) is 8.99. The molecule has 0 radical (unpaired) electrons. The summed E-state index contributed by atoms with van der Waals surface area (Å²) < 4.78 is 34.8. The van der Waals surface area contributed by atoms with E-state index in [2.05, 4.69) is 46.0 Å². The van der Waals surface area contributed by atoms with E-state index in [1.54, 1.807) is 20.8 Å². The summed E-state index contributed by atoms with van der Waals surface area (Å²) >= 11 is 3.50. The third-order valence-corrected chi connectivity index (χ3v) is 17.5. The number of nitrogens with two attached hydrogens (primary N) is 1. The Hall–Kier alpha value is -0.843. The summed E-state index contributed by atoms with van der Waals surface area (Å²) in [5.74, 6) is -0.106. The van der Waals surface area contributed by atoms with Gasteiger partial charge in [-0.1, -0.05) is 38.9 Å². The maximum Gasteiger partial charge on any atom is 0.146 e. The van der Waals surface area contributed by atoms with Crippen LogP contribution in [0.25, 0.3) is 0 Å². The van der Waals surface area contributed by atoms with Crippen molar-refractivity contribution >= 4 is 44.8 Å². The quantitative estimate of drug-likeness (QED) is 0.365. The molecule has 0 amide bonds. The number of hydrogen-bond acceptors (Lipinski definition) is 6. The molecule has 0 aromatic carbocycles. The number of halogens is 2.